The Labute approximate surface area is 166 Å². The maximum Gasteiger partial charge on any atom is 0.191 e. The average Bonchev–Trinajstić information content (AvgIpc) is 3.25. The van der Waals surface area contributed by atoms with Gasteiger partial charge in [0, 0.05) is 31.2 Å². The van der Waals surface area contributed by atoms with Gasteiger partial charge in [0.05, 0.1) is 6.54 Å². The Morgan fingerprint density at radius 1 is 1.28 bits per heavy atom. The van der Waals surface area contributed by atoms with Crippen LogP contribution in [0.4, 0.5) is 0 Å². The van der Waals surface area contributed by atoms with Gasteiger partial charge in [0.2, 0.25) is 0 Å². The summed E-state index contributed by atoms with van der Waals surface area (Å²) in [7, 11) is 0. The van der Waals surface area contributed by atoms with E-state index in [1.165, 1.54) is 25.7 Å². The lowest BCUT2D eigenvalue weighted by atomic mass is 10.2. The second-order valence-corrected chi connectivity index (χ2v) is 6.19. The smallest absolute Gasteiger partial charge is 0.191 e. The Balaban J connectivity index is 0.00000225. The van der Waals surface area contributed by atoms with Gasteiger partial charge in [-0.3, -0.25) is 4.57 Å². The Bertz CT molecular complexity index is 673. The molecule has 0 unspecified atom stereocenters. The Kier molecular flexibility index (Phi) is 7.67. The number of pyridine rings is 1. The van der Waals surface area contributed by atoms with Crippen molar-refractivity contribution < 1.29 is 0 Å². The molecule has 136 valence electrons. The van der Waals surface area contributed by atoms with Gasteiger partial charge in [0.1, 0.15) is 11.6 Å². The van der Waals surface area contributed by atoms with Crippen LogP contribution in [-0.2, 0) is 6.54 Å². The molecule has 0 saturated heterocycles. The first-order chi connectivity index (χ1) is 11.8. The highest BCUT2D eigenvalue weighted by Gasteiger charge is 2.15. The van der Waals surface area contributed by atoms with Crippen molar-refractivity contribution in [2.75, 3.05) is 6.54 Å². The first-order valence-corrected chi connectivity index (χ1v) is 8.76. The van der Waals surface area contributed by atoms with E-state index in [9.17, 15) is 0 Å². The van der Waals surface area contributed by atoms with Crippen molar-refractivity contribution in [3.8, 4) is 5.82 Å². The lowest BCUT2D eigenvalue weighted by molar-refractivity contribution is 0.614. The van der Waals surface area contributed by atoms with E-state index in [2.05, 4.69) is 33.6 Å². The summed E-state index contributed by atoms with van der Waals surface area (Å²) in [6.45, 7) is 5.56. The molecule has 2 N–H and O–H groups in total. The maximum absolute atomic E-state index is 4.69. The highest BCUT2D eigenvalue weighted by molar-refractivity contribution is 14.0. The van der Waals surface area contributed by atoms with Crippen LogP contribution in [0.5, 0.6) is 0 Å². The molecule has 2 aromatic rings. The Morgan fingerprint density at radius 3 is 2.68 bits per heavy atom. The third kappa shape index (κ3) is 5.42. The van der Waals surface area contributed by atoms with Gasteiger partial charge in [-0.2, -0.15) is 0 Å². The molecule has 3 rings (SSSR count). The van der Waals surface area contributed by atoms with E-state index >= 15 is 0 Å². The third-order valence-corrected chi connectivity index (χ3v) is 4.34. The molecule has 0 aromatic carbocycles. The van der Waals surface area contributed by atoms with E-state index in [4.69, 9.17) is 4.99 Å². The zero-order valence-corrected chi connectivity index (χ0v) is 17.2. The first kappa shape index (κ1) is 19.7. The molecule has 6 nitrogen and oxygen atoms in total. The minimum Gasteiger partial charge on any atom is -0.357 e. The van der Waals surface area contributed by atoms with Crippen LogP contribution in [-0.4, -0.2) is 33.1 Å². The van der Waals surface area contributed by atoms with Crippen molar-refractivity contribution in [3.63, 3.8) is 0 Å². The van der Waals surface area contributed by atoms with E-state index in [0.29, 0.717) is 12.6 Å². The maximum atomic E-state index is 4.69. The number of imidazole rings is 1. The van der Waals surface area contributed by atoms with Crippen LogP contribution in [0.2, 0.25) is 0 Å². The molecule has 1 aliphatic carbocycles. The molecule has 25 heavy (non-hydrogen) atoms. The lowest BCUT2D eigenvalue weighted by Crippen LogP contribution is -2.42. The van der Waals surface area contributed by atoms with E-state index in [0.717, 1.165) is 29.7 Å². The SMILES string of the molecule is CCNC(=NCc1ccc(-n2ccnc2C)nc1)NC1CCCC1.I. The van der Waals surface area contributed by atoms with E-state index in [1.54, 1.807) is 6.20 Å². The molecule has 0 aliphatic heterocycles. The summed E-state index contributed by atoms with van der Waals surface area (Å²) in [5.74, 6) is 2.72. The molecular formula is C18H27IN6. The van der Waals surface area contributed by atoms with Gasteiger partial charge in [-0.1, -0.05) is 18.9 Å². The summed E-state index contributed by atoms with van der Waals surface area (Å²) in [5, 5.41) is 6.86. The number of halogens is 1. The number of hydrogen-bond acceptors (Lipinski definition) is 3. The predicted octanol–water partition coefficient (Wildman–Crippen LogP) is 3.19. The van der Waals surface area contributed by atoms with Gasteiger partial charge in [0.15, 0.2) is 5.96 Å². The highest BCUT2D eigenvalue weighted by Crippen LogP contribution is 2.17. The molecule has 0 radical (unpaired) electrons. The van der Waals surface area contributed by atoms with Crippen LogP contribution >= 0.6 is 24.0 Å². The second kappa shape index (κ2) is 9.74. The molecule has 1 saturated carbocycles. The molecule has 0 bridgehead atoms. The summed E-state index contributed by atoms with van der Waals surface area (Å²) in [6, 6.07) is 4.65. The molecule has 2 heterocycles. The Hall–Kier alpha value is -1.64. The standard InChI is InChI=1S/C18H26N6.HI/c1-3-19-18(23-16-6-4-5-7-16)22-13-15-8-9-17(21-12-15)24-11-10-20-14(24)2;/h8-12,16H,3-7,13H2,1-2H3,(H2,19,22,23);1H. The predicted molar refractivity (Wildman–Crippen MR) is 112 cm³/mol. The van der Waals surface area contributed by atoms with Crippen molar-refractivity contribution in [1.82, 2.24) is 25.2 Å². The molecule has 1 aliphatic rings. The Morgan fingerprint density at radius 2 is 2.08 bits per heavy atom. The van der Waals surface area contributed by atoms with Crippen molar-refractivity contribution in [3.05, 3.63) is 42.1 Å². The molecule has 7 heteroatoms. The fourth-order valence-corrected chi connectivity index (χ4v) is 3.03. The van der Waals surface area contributed by atoms with Gasteiger partial charge in [-0.05, 0) is 38.3 Å². The minimum absolute atomic E-state index is 0. The minimum atomic E-state index is 0. The fourth-order valence-electron chi connectivity index (χ4n) is 3.03. The third-order valence-electron chi connectivity index (χ3n) is 4.34. The second-order valence-electron chi connectivity index (χ2n) is 6.19. The van der Waals surface area contributed by atoms with Crippen LogP contribution in [0.1, 0.15) is 44.0 Å². The van der Waals surface area contributed by atoms with Crippen LogP contribution < -0.4 is 10.6 Å². The van der Waals surface area contributed by atoms with Crippen molar-refractivity contribution >= 4 is 29.9 Å². The fraction of sp³-hybridized carbons (Fsp3) is 0.500. The van der Waals surface area contributed by atoms with Crippen molar-refractivity contribution in [1.29, 1.82) is 0 Å². The van der Waals surface area contributed by atoms with Crippen molar-refractivity contribution in [2.24, 2.45) is 4.99 Å². The molecule has 0 amide bonds. The topological polar surface area (TPSA) is 67.1 Å². The largest absolute Gasteiger partial charge is 0.357 e. The summed E-state index contributed by atoms with van der Waals surface area (Å²) >= 11 is 0. The monoisotopic (exact) mass is 454 g/mol. The summed E-state index contributed by atoms with van der Waals surface area (Å²) in [4.78, 5) is 13.4. The number of aryl methyl sites for hydroxylation is 1. The van der Waals surface area contributed by atoms with Gasteiger partial charge < -0.3 is 10.6 Å². The van der Waals surface area contributed by atoms with Gasteiger partial charge in [0.25, 0.3) is 0 Å². The molecular weight excluding hydrogens is 427 g/mol. The van der Waals surface area contributed by atoms with Crippen LogP contribution in [0, 0.1) is 6.92 Å². The number of aromatic nitrogens is 3. The van der Waals surface area contributed by atoms with Gasteiger partial charge in [-0.15, -0.1) is 24.0 Å². The summed E-state index contributed by atoms with van der Waals surface area (Å²) in [6.07, 6.45) is 10.7. The normalized spacial score (nSPS) is 15.0. The first-order valence-electron chi connectivity index (χ1n) is 8.76. The van der Waals surface area contributed by atoms with Gasteiger partial charge >= 0.3 is 0 Å². The number of hydrogen-bond donors (Lipinski definition) is 2. The zero-order valence-electron chi connectivity index (χ0n) is 14.9. The zero-order chi connectivity index (χ0) is 16.8. The van der Waals surface area contributed by atoms with Crippen LogP contribution in [0.25, 0.3) is 5.82 Å². The number of aliphatic imine (C=N–C) groups is 1. The summed E-state index contributed by atoms with van der Waals surface area (Å²) in [5.41, 5.74) is 1.10. The molecule has 2 aromatic heterocycles. The molecule has 1 fully saturated rings. The summed E-state index contributed by atoms with van der Waals surface area (Å²) < 4.78 is 1.97. The quantitative estimate of drug-likeness (QED) is 0.414. The van der Waals surface area contributed by atoms with E-state index < -0.39 is 0 Å². The van der Waals surface area contributed by atoms with Crippen LogP contribution in [0.3, 0.4) is 0 Å². The number of nitrogens with one attached hydrogen (secondary N) is 2. The average molecular weight is 454 g/mol. The highest BCUT2D eigenvalue weighted by atomic mass is 127. The van der Waals surface area contributed by atoms with Crippen molar-refractivity contribution in [2.45, 2.75) is 52.1 Å². The van der Waals surface area contributed by atoms with Gasteiger partial charge in [-0.25, -0.2) is 15.0 Å². The van der Waals surface area contributed by atoms with Crippen LogP contribution in [0.15, 0.2) is 35.7 Å². The van der Waals surface area contributed by atoms with E-state index in [-0.39, 0.29) is 24.0 Å². The number of nitrogens with zero attached hydrogens (tertiary/aromatic N) is 4. The molecule has 0 atom stereocenters. The number of rotatable bonds is 5. The molecule has 0 spiro atoms. The van der Waals surface area contributed by atoms with E-state index in [1.807, 2.05) is 30.0 Å². The number of guanidine groups is 1. The lowest BCUT2D eigenvalue weighted by Gasteiger charge is -2.16.